The Labute approximate surface area is 125 Å². The van der Waals surface area contributed by atoms with Gasteiger partial charge in [-0.05, 0) is 40.7 Å². The van der Waals surface area contributed by atoms with Crippen molar-refractivity contribution in [2.75, 3.05) is 0 Å². The molecule has 0 bridgehead atoms. The Hall–Kier alpha value is -2.33. The SMILES string of the molecule is CC(C)(C#N)C1=Nc2ccccc2C(C)(C(C)(C)C#N)O1. The van der Waals surface area contributed by atoms with Crippen LogP contribution < -0.4 is 0 Å². The van der Waals surface area contributed by atoms with Crippen LogP contribution in [0.3, 0.4) is 0 Å². The van der Waals surface area contributed by atoms with Gasteiger partial charge in [0.1, 0.15) is 5.41 Å². The van der Waals surface area contributed by atoms with Crippen LogP contribution in [0.1, 0.15) is 40.2 Å². The number of hydrogen-bond acceptors (Lipinski definition) is 4. The summed E-state index contributed by atoms with van der Waals surface area (Å²) in [5.74, 6) is 0.356. The van der Waals surface area contributed by atoms with Crippen molar-refractivity contribution in [2.45, 2.75) is 40.2 Å². The topological polar surface area (TPSA) is 69.2 Å². The molecule has 1 aromatic rings. The van der Waals surface area contributed by atoms with Crippen LogP contribution in [0.15, 0.2) is 29.3 Å². The van der Waals surface area contributed by atoms with Crippen LogP contribution in [0.2, 0.25) is 0 Å². The van der Waals surface area contributed by atoms with Crippen LogP contribution in [0.4, 0.5) is 5.69 Å². The second kappa shape index (κ2) is 4.60. The average molecular weight is 281 g/mol. The van der Waals surface area contributed by atoms with Crippen LogP contribution >= 0.6 is 0 Å². The molecule has 1 aliphatic heterocycles. The monoisotopic (exact) mass is 281 g/mol. The van der Waals surface area contributed by atoms with Gasteiger partial charge in [0.05, 0.1) is 23.2 Å². The van der Waals surface area contributed by atoms with Crippen molar-refractivity contribution in [3.05, 3.63) is 29.8 Å². The standard InChI is InChI=1S/C17H19N3O/c1-15(2,10-18)14-20-13-9-7-6-8-12(13)17(5,21-14)16(3,4)11-19/h6-9H,1-5H3. The predicted molar refractivity (Wildman–Crippen MR) is 80.8 cm³/mol. The molecule has 0 radical (unpaired) electrons. The number of fused-ring (bicyclic) bond motifs is 1. The summed E-state index contributed by atoms with van der Waals surface area (Å²) in [4.78, 5) is 4.49. The molecule has 0 N–H and O–H groups in total. The number of ether oxygens (including phenoxy) is 1. The maximum atomic E-state index is 9.55. The van der Waals surface area contributed by atoms with Crippen molar-refractivity contribution in [3.63, 3.8) is 0 Å². The van der Waals surface area contributed by atoms with E-state index in [-0.39, 0.29) is 0 Å². The van der Waals surface area contributed by atoms with Gasteiger partial charge in [0.2, 0.25) is 5.90 Å². The van der Waals surface area contributed by atoms with Gasteiger partial charge in [-0.3, -0.25) is 0 Å². The lowest BCUT2D eigenvalue weighted by Crippen LogP contribution is -2.46. The van der Waals surface area contributed by atoms with Crippen molar-refractivity contribution in [1.82, 2.24) is 0 Å². The minimum Gasteiger partial charge on any atom is -0.467 e. The molecule has 108 valence electrons. The lowest BCUT2D eigenvalue weighted by atomic mass is 9.71. The van der Waals surface area contributed by atoms with E-state index in [2.05, 4.69) is 17.1 Å². The molecular formula is C17H19N3O. The number of aliphatic imine (C=N–C) groups is 1. The summed E-state index contributed by atoms with van der Waals surface area (Å²) in [5.41, 5.74) is -0.846. The second-order valence-electron chi connectivity index (χ2n) is 6.54. The van der Waals surface area contributed by atoms with Gasteiger partial charge in [0.15, 0.2) is 5.60 Å². The first-order valence-corrected chi connectivity index (χ1v) is 6.88. The van der Waals surface area contributed by atoms with Crippen molar-refractivity contribution in [1.29, 1.82) is 10.5 Å². The molecule has 1 heterocycles. The third-order valence-corrected chi connectivity index (χ3v) is 4.23. The fourth-order valence-electron chi connectivity index (χ4n) is 2.24. The van der Waals surface area contributed by atoms with E-state index in [9.17, 15) is 10.5 Å². The summed E-state index contributed by atoms with van der Waals surface area (Å²) < 4.78 is 6.12. The first kappa shape index (κ1) is 15.1. The minimum atomic E-state index is -0.858. The maximum Gasteiger partial charge on any atom is 0.209 e. The number of benzene rings is 1. The zero-order chi connectivity index (χ0) is 15.9. The number of hydrogen-bond donors (Lipinski definition) is 0. The molecule has 1 aliphatic rings. The third-order valence-electron chi connectivity index (χ3n) is 4.23. The minimum absolute atomic E-state index is 0.356. The molecule has 0 aliphatic carbocycles. The molecule has 0 aromatic heterocycles. The molecule has 1 aromatic carbocycles. The summed E-state index contributed by atoms with van der Waals surface area (Å²) >= 11 is 0. The molecule has 0 amide bonds. The van der Waals surface area contributed by atoms with Gasteiger partial charge in [-0.15, -0.1) is 0 Å². The molecule has 1 atom stereocenters. The summed E-state index contributed by atoms with van der Waals surface area (Å²) in [6.45, 7) is 9.09. The van der Waals surface area contributed by atoms with E-state index in [1.165, 1.54) is 0 Å². The van der Waals surface area contributed by atoms with Crippen LogP contribution in [0.25, 0.3) is 0 Å². The molecule has 0 saturated heterocycles. The Balaban J connectivity index is 2.71. The van der Waals surface area contributed by atoms with Crippen LogP contribution in [0.5, 0.6) is 0 Å². The molecular weight excluding hydrogens is 262 g/mol. The molecule has 1 unspecified atom stereocenters. The molecule has 2 rings (SSSR count). The van der Waals surface area contributed by atoms with Gasteiger partial charge in [-0.2, -0.15) is 10.5 Å². The van der Waals surface area contributed by atoms with E-state index in [1.54, 1.807) is 13.8 Å². The number of rotatable bonds is 2. The quantitative estimate of drug-likeness (QED) is 0.820. The molecule has 0 saturated carbocycles. The largest absolute Gasteiger partial charge is 0.467 e. The zero-order valence-electron chi connectivity index (χ0n) is 13.1. The lowest BCUT2D eigenvalue weighted by Gasteiger charge is -2.44. The van der Waals surface area contributed by atoms with E-state index < -0.39 is 16.4 Å². The highest BCUT2D eigenvalue weighted by Gasteiger charge is 2.51. The molecule has 0 spiro atoms. The van der Waals surface area contributed by atoms with Gasteiger partial charge in [0.25, 0.3) is 0 Å². The summed E-state index contributed by atoms with van der Waals surface area (Å²) in [6.07, 6.45) is 0. The molecule has 0 fully saturated rings. The van der Waals surface area contributed by atoms with E-state index in [0.29, 0.717) is 5.90 Å². The Morgan fingerprint density at radius 1 is 1.10 bits per heavy atom. The van der Waals surface area contributed by atoms with Crippen LogP contribution in [-0.4, -0.2) is 5.90 Å². The van der Waals surface area contributed by atoms with E-state index >= 15 is 0 Å². The summed E-state index contributed by atoms with van der Waals surface area (Å²) in [5, 5.41) is 18.9. The average Bonchev–Trinajstić information content (AvgIpc) is 2.47. The highest BCUT2D eigenvalue weighted by molar-refractivity contribution is 5.89. The summed E-state index contributed by atoms with van der Waals surface area (Å²) in [7, 11) is 0. The molecule has 4 nitrogen and oxygen atoms in total. The van der Waals surface area contributed by atoms with Gasteiger partial charge in [-0.25, -0.2) is 4.99 Å². The first-order valence-electron chi connectivity index (χ1n) is 6.88. The highest BCUT2D eigenvalue weighted by atomic mass is 16.5. The van der Waals surface area contributed by atoms with Gasteiger partial charge in [0, 0.05) is 5.56 Å². The zero-order valence-corrected chi connectivity index (χ0v) is 13.1. The molecule has 4 heteroatoms. The predicted octanol–water partition coefficient (Wildman–Crippen LogP) is 4.06. The van der Waals surface area contributed by atoms with E-state index in [1.807, 2.05) is 45.0 Å². The van der Waals surface area contributed by atoms with Crippen LogP contribution in [-0.2, 0) is 10.3 Å². The smallest absolute Gasteiger partial charge is 0.209 e. The molecule has 21 heavy (non-hydrogen) atoms. The Kier molecular flexibility index (Phi) is 3.30. The van der Waals surface area contributed by atoms with Crippen molar-refractivity contribution in [3.8, 4) is 12.1 Å². The number of nitrogens with zero attached hydrogens (tertiary/aromatic N) is 3. The van der Waals surface area contributed by atoms with Crippen molar-refractivity contribution in [2.24, 2.45) is 15.8 Å². The first-order chi connectivity index (χ1) is 9.68. The number of nitriles is 2. The lowest BCUT2D eigenvalue weighted by molar-refractivity contribution is -0.0230. The normalized spacial score (nSPS) is 21.4. The number of para-hydroxylation sites is 1. The summed E-state index contributed by atoms with van der Waals surface area (Å²) in [6, 6.07) is 12.1. The maximum absolute atomic E-state index is 9.55. The fourth-order valence-corrected chi connectivity index (χ4v) is 2.24. The highest BCUT2D eigenvalue weighted by Crippen LogP contribution is 2.49. The van der Waals surface area contributed by atoms with E-state index in [0.717, 1.165) is 11.3 Å². The Morgan fingerprint density at radius 2 is 1.71 bits per heavy atom. The van der Waals surface area contributed by atoms with E-state index in [4.69, 9.17) is 4.74 Å². The van der Waals surface area contributed by atoms with Gasteiger partial charge < -0.3 is 4.74 Å². The van der Waals surface area contributed by atoms with Crippen LogP contribution in [0, 0.1) is 33.5 Å². The second-order valence-corrected chi connectivity index (χ2v) is 6.54. The Morgan fingerprint density at radius 3 is 2.29 bits per heavy atom. The van der Waals surface area contributed by atoms with Crippen molar-refractivity contribution >= 4 is 11.6 Å². The van der Waals surface area contributed by atoms with Crippen molar-refractivity contribution < 1.29 is 4.74 Å². The Bertz CT molecular complexity index is 689. The van der Waals surface area contributed by atoms with Gasteiger partial charge >= 0.3 is 0 Å². The third kappa shape index (κ3) is 2.17. The fraction of sp³-hybridized carbons (Fsp3) is 0.471. The van der Waals surface area contributed by atoms with Gasteiger partial charge in [-0.1, -0.05) is 18.2 Å².